The molecule has 2 rings (SSSR count). The van der Waals surface area contributed by atoms with Crippen molar-refractivity contribution in [3.05, 3.63) is 65.0 Å². The standard InChI is InChI=1S/C16H16ClFO/c1-3-11-4-6-12(7-5-11)16(17)13-8-9-14(18)15(10-13)19-2/h4-10,16H,3H2,1-2H3. The molecule has 0 fully saturated rings. The Morgan fingerprint density at radius 2 is 1.74 bits per heavy atom. The highest BCUT2D eigenvalue weighted by atomic mass is 35.5. The largest absolute Gasteiger partial charge is 0.494 e. The van der Waals surface area contributed by atoms with Crippen molar-refractivity contribution in [1.29, 1.82) is 0 Å². The van der Waals surface area contributed by atoms with Gasteiger partial charge >= 0.3 is 0 Å². The zero-order chi connectivity index (χ0) is 13.8. The van der Waals surface area contributed by atoms with Gasteiger partial charge in [-0.25, -0.2) is 4.39 Å². The lowest BCUT2D eigenvalue weighted by Gasteiger charge is -2.12. The maximum Gasteiger partial charge on any atom is 0.165 e. The van der Waals surface area contributed by atoms with Crippen molar-refractivity contribution in [1.82, 2.24) is 0 Å². The Labute approximate surface area is 118 Å². The van der Waals surface area contributed by atoms with Crippen LogP contribution in [-0.2, 0) is 6.42 Å². The lowest BCUT2D eigenvalue weighted by Crippen LogP contribution is -1.96. The SMILES string of the molecule is CCc1ccc(C(Cl)c2ccc(F)c(OC)c2)cc1. The van der Waals surface area contributed by atoms with Crippen molar-refractivity contribution in [2.75, 3.05) is 7.11 Å². The number of methoxy groups -OCH3 is 1. The molecule has 0 saturated carbocycles. The van der Waals surface area contributed by atoms with E-state index < -0.39 is 0 Å². The molecule has 1 nitrogen and oxygen atoms in total. The molecule has 1 unspecified atom stereocenters. The van der Waals surface area contributed by atoms with E-state index in [4.69, 9.17) is 16.3 Å². The molecular formula is C16H16ClFO. The van der Waals surface area contributed by atoms with Crippen molar-refractivity contribution in [3.63, 3.8) is 0 Å². The monoisotopic (exact) mass is 278 g/mol. The van der Waals surface area contributed by atoms with Crippen LogP contribution in [-0.4, -0.2) is 7.11 Å². The third-order valence-corrected chi connectivity index (χ3v) is 3.65. The molecule has 0 saturated heterocycles. The van der Waals surface area contributed by atoms with Gasteiger partial charge in [-0.15, -0.1) is 11.6 Å². The van der Waals surface area contributed by atoms with Crippen LogP contribution in [0, 0.1) is 5.82 Å². The van der Waals surface area contributed by atoms with Crippen LogP contribution in [0.15, 0.2) is 42.5 Å². The number of alkyl halides is 1. The molecular weight excluding hydrogens is 263 g/mol. The second-order valence-electron chi connectivity index (χ2n) is 4.35. The summed E-state index contributed by atoms with van der Waals surface area (Å²) in [6, 6.07) is 12.8. The van der Waals surface area contributed by atoms with Crippen LogP contribution in [0.5, 0.6) is 5.75 Å². The smallest absolute Gasteiger partial charge is 0.165 e. The van der Waals surface area contributed by atoms with E-state index in [1.54, 1.807) is 12.1 Å². The van der Waals surface area contributed by atoms with Crippen LogP contribution in [0.3, 0.4) is 0 Å². The van der Waals surface area contributed by atoms with Crippen LogP contribution in [0.25, 0.3) is 0 Å². The lowest BCUT2D eigenvalue weighted by atomic mass is 10.0. The fraction of sp³-hybridized carbons (Fsp3) is 0.250. The third-order valence-electron chi connectivity index (χ3n) is 3.15. The number of aryl methyl sites for hydroxylation is 1. The zero-order valence-electron chi connectivity index (χ0n) is 11.0. The second-order valence-corrected chi connectivity index (χ2v) is 4.79. The van der Waals surface area contributed by atoms with Crippen molar-refractivity contribution >= 4 is 11.6 Å². The summed E-state index contributed by atoms with van der Waals surface area (Å²) in [5.74, 6) is -0.162. The Morgan fingerprint density at radius 3 is 2.32 bits per heavy atom. The van der Waals surface area contributed by atoms with E-state index in [2.05, 4.69) is 19.1 Å². The van der Waals surface area contributed by atoms with Crippen LogP contribution in [0.1, 0.15) is 29.0 Å². The van der Waals surface area contributed by atoms with Crippen LogP contribution in [0.2, 0.25) is 0 Å². The summed E-state index contributed by atoms with van der Waals surface area (Å²) < 4.78 is 18.3. The normalized spacial score (nSPS) is 12.2. The highest BCUT2D eigenvalue weighted by molar-refractivity contribution is 6.22. The first kappa shape index (κ1) is 13.9. The molecule has 0 aliphatic rings. The second kappa shape index (κ2) is 6.07. The van der Waals surface area contributed by atoms with Gasteiger partial charge in [-0.05, 0) is 35.2 Å². The molecule has 0 heterocycles. The van der Waals surface area contributed by atoms with E-state index in [9.17, 15) is 4.39 Å². The van der Waals surface area contributed by atoms with E-state index in [1.807, 2.05) is 12.1 Å². The molecule has 0 amide bonds. The summed E-state index contributed by atoms with van der Waals surface area (Å²) in [6.45, 7) is 2.11. The van der Waals surface area contributed by atoms with Crippen LogP contribution >= 0.6 is 11.6 Å². The summed E-state index contributed by atoms with van der Waals surface area (Å²) >= 11 is 6.43. The Morgan fingerprint density at radius 1 is 1.11 bits per heavy atom. The Balaban J connectivity index is 2.29. The van der Waals surface area contributed by atoms with Crippen molar-refractivity contribution in [3.8, 4) is 5.75 Å². The maximum absolute atomic E-state index is 13.4. The first-order chi connectivity index (χ1) is 9.15. The molecule has 0 N–H and O–H groups in total. The van der Waals surface area contributed by atoms with Gasteiger partial charge in [0.15, 0.2) is 11.6 Å². The van der Waals surface area contributed by atoms with E-state index in [0.717, 1.165) is 17.5 Å². The maximum atomic E-state index is 13.4. The summed E-state index contributed by atoms with van der Waals surface area (Å²) in [4.78, 5) is 0. The number of benzene rings is 2. The number of hydrogen-bond acceptors (Lipinski definition) is 1. The van der Waals surface area contributed by atoms with Crippen LogP contribution < -0.4 is 4.74 Å². The summed E-state index contributed by atoms with van der Waals surface area (Å²) in [5.41, 5.74) is 3.08. The quantitative estimate of drug-likeness (QED) is 0.735. The minimum atomic E-state index is -0.378. The minimum Gasteiger partial charge on any atom is -0.494 e. The van der Waals surface area contributed by atoms with Gasteiger partial charge in [0.05, 0.1) is 12.5 Å². The van der Waals surface area contributed by atoms with Gasteiger partial charge in [-0.3, -0.25) is 0 Å². The third kappa shape index (κ3) is 3.07. The van der Waals surface area contributed by atoms with Gasteiger partial charge in [0.2, 0.25) is 0 Å². The molecule has 3 heteroatoms. The van der Waals surface area contributed by atoms with Gasteiger partial charge in [-0.1, -0.05) is 37.3 Å². The molecule has 19 heavy (non-hydrogen) atoms. The molecule has 0 aliphatic carbocycles. The topological polar surface area (TPSA) is 9.23 Å². The van der Waals surface area contributed by atoms with Crippen molar-refractivity contribution in [2.45, 2.75) is 18.7 Å². The Hall–Kier alpha value is -1.54. The Bertz CT molecular complexity index is 551. The predicted molar refractivity (Wildman–Crippen MR) is 76.5 cm³/mol. The molecule has 0 aromatic heterocycles. The predicted octanol–water partition coefficient (Wildman–Crippen LogP) is 4.72. The van der Waals surface area contributed by atoms with E-state index in [1.165, 1.54) is 18.7 Å². The van der Waals surface area contributed by atoms with E-state index in [0.29, 0.717) is 0 Å². The molecule has 100 valence electrons. The highest BCUT2D eigenvalue weighted by Crippen LogP contribution is 2.32. The fourth-order valence-corrected chi connectivity index (χ4v) is 2.23. The molecule has 0 radical (unpaired) electrons. The van der Waals surface area contributed by atoms with Gasteiger partial charge < -0.3 is 4.74 Å². The first-order valence-corrected chi connectivity index (χ1v) is 6.65. The van der Waals surface area contributed by atoms with E-state index in [-0.39, 0.29) is 16.9 Å². The molecule has 0 aliphatic heterocycles. The van der Waals surface area contributed by atoms with E-state index >= 15 is 0 Å². The highest BCUT2D eigenvalue weighted by Gasteiger charge is 2.13. The van der Waals surface area contributed by atoms with Crippen molar-refractivity contribution < 1.29 is 9.13 Å². The molecule has 0 spiro atoms. The number of hydrogen-bond donors (Lipinski definition) is 0. The fourth-order valence-electron chi connectivity index (χ4n) is 1.95. The van der Waals surface area contributed by atoms with Gasteiger partial charge in [-0.2, -0.15) is 0 Å². The van der Waals surface area contributed by atoms with Crippen molar-refractivity contribution in [2.24, 2.45) is 0 Å². The summed E-state index contributed by atoms with van der Waals surface area (Å²) in [6.07, 6.45) is 0.998. The lowest BCUT2D eigenvalue weighted by molar-refractivity contribution is 0.386. The summed E-state index contributed by atoms with van der Waals surface area (Å²) in [7, 11) is 1.45. The van der Waals surface area contributed by atoms with Gasteiger partial charge in [0, 0.05) is 0 Å². The number of halogens is 2. The number of ether oxygens (including phenoxy) is 1. The van der Waals surface area contributed by atoms with Gasteiger partial charge in [0.1, 0.15) is 0 Å². The minimum absolute atomic E-state index is 0.216. The zero-order valence-corrected chi connectivity index (χ0v) is 11.7. The summed E-state index contributed by atoms with van der Waals surface area (Å²) in [5, 5.41) is -0.305. The average molecular weight is 279 g/mol. The first-order valence-electron chi connectivity index (χ1n) is 6.22. The molecule has 2 aromatic rings. The molecule has 1 atom stereocenters. The average Bonchev–Trinajstić information content (AvgIpc) is 2.47. The van der Waals surface area contributed by atoms with Gasteiger partial charge in [0.25, 0.3) is 0 Å². The number of rotatable bonds is 4. The molecule has 0 bridgehead atoms. The Kier molecular flexibility index (Phi) is 4.43. The van der Waals surface area contributed by atoms with Crippen LogP contribution in [0.4, 0.5) is 4.39 Å². The molecule has 2 aromatic carbocycles.